The normalized spacial score (nSPS) is 9.15. The van der Waals surface area contributed by atoms with Gasteiger partial charge in [0.1, 0.15) is 5.82 Å². The fraction of sp³-hybridized carbons (Fsp3) is 0.333. The van der Waals surface area contributed by atoms with Crippen LogP contribution in [0.1, 0.15) is 19.4 Å². The van der Waals surface area contributed by atoms with Crippen LogP contribution in [-0.4, -0.2) is 0 Å². The molecule has 1 rings (SSSR count). The van der Waals surface area contributed by atoms with Crippen molar-refractivity contribution in [1.82, 2.24) is 0 Å². The zero-order valence-corrected chi connectivity index (χ0v) is 8.55. The van der Waals surface area contributed by atoms with Gasteiger partial charge < -0.3 is 0 Å². The summed E-state index contributed by atoms with van der Waals surface area (Å²) in [6.45, 7) is 5.17. The first-order chi connectivity index (χ1) is 6.04. The molecule has 13 heavy (non-hydrogen) atoms. The van der Waals surface area contributed by atoms with Gasteiger partial charge in [-0.15, -0.1) is 12.6 Å². The van der Waals surface area contributed by atoms with Crippen LogP contribution in [0.15, 0.2) is 11.0 Å². The van der Waals surface area contributed by atoms with Crippen LogP contribution in [-0.2, 0) is 0 Å². The molecule has 4 heteroatoms. The summed E-state index contributed by atoms with van der Waals surface area (Å²) in [6.07, 6.45) is 0. The number of benzene rings is 1. The minimum absolute atomic E-state index is 0.314. The van der Waals surface area contributed by atoms with E-state index in [1.165, 1.54) is 6.92 Å². The molecule has 0 heterocycles. The van der Waals surface area contributed by atoms with Crippen LogP contribution < -0.4 is 0 Å². The molecule has 0 fully saturated rings. The Bertz CT molecular complexity index is 271. The van der Waals surface area contributed by atoms with Crippen molar-refractivity contribution in [2.24, 2.45) is 0 Å². The van der Waals surface area contributed by atoms with Crippen LogP contribution in [0.4, 0.5) is 13.2 Å². The standard InChI is InChI=1S/C7H5F3S.C2H6/c1-3-4(8)2-5(11)7(10)6(3)9;1-2/h2,11H,1H3;1-2H3. The zero-order valence-electron chi connectivity index (χ0n) is 7.66. The summed E-state index contributed by atoms with van der Waals surface area (Å²) < 4.78 is 37.7. The van der Waals surface area contributed by atoms with E-state index >= 15 is 0 Å². The molecule has 0 N–H and O–H groups in total. The van der Waals surface area contributed by atoms with Crippen molar-refractivity contribution in [3.8, 4) is 0 Å². The summed E-state index contributed by atoms with van der Waals surface area (Å²) in [5.74, 6) is -3.06. The molecular weight excluding hydrogens is 197 g/mol. The highest BCUT2D eigenvalue weighted by atomic mass is 32.1. The first-order valence-electron chi connectivity index (χ1n) is 3.87. The number of halogens is 3. The molecule has 0 bridgehead atoms. The van der Waals surface area contributed by atoms with Gasteiger partial charge >= 0.3 is 0 Å². The molecule has 1 aromatic rings. The Morgan fingerprint density at radius 3 is 2.00 bits per heavy atom. The molecule has 0 saturated carbocycles. The number of hydrogen-bond donors (Lipinski definition) is 1. The molecule has 0 saturated heterocycles. The van der Waals surface area contributed by atoms with Crippen molar-refractivity contribution in [3.05, 3.63) is 29.1 Å². The van der Waals surface area contributed by atoms with Crippen LogP contribution in [0, 0.1) is 24.4 Å². The molecule has 0 amide bonds. The first kappa shape index (κ1) is 12.4. The molecule has 1 aromatic carbocycles. The minimum atomic E-state index is -1.17. The average Bonchev–Trinajstić information content (AvgIpc) is 2.15. The highest BCUT2D eigenvalue weighted by Crippen LogP contribution is 2.21. The third-order valence-corrected chi connectivity index (χ3v) is 1.69. The summed E-state index contributed by atoms with van der Waals surface area (Å²) in [7, 11) is 0. The zero-order chi connectivity index (χ0) is 10.6. The van der Waals surface area contributed by atoms with E-state index < -0.39 is 17.5 Å². The first-order valence-corrected chi connectivity index (χ1v) is 4.32. The van der Waals surface area contributed by atoms with Gasteiger partial charge in [-0.1, -0.05) is 13.8 Å². The predicted molar refractivity (Wildman–Crippen MR) is 49.7 cm³/mol. The summed E-state index contributed by atoms with van der Waals surface area (Å²) in [5.41, 5.74) is -0.319. The molecule has 0 nitrogen and oxygen atoms in total. The van der Waals surface area contributed by atoms with E-state index in [4.69, 9.17) is 0 Å². The van der Waals surface area contributed by atoms with E-state index in [1.807, 2.05) is 13.8 Å². The summed E-state index contributed by atoms with van der Waals surface area (Å²) in [6, 6.07) is 0.844. The lowest BCUT2D eigenvalue weighted by Crippen LogP contribution is -1.94. The van der Waals surface area contributed by atoms with Crippen molar-refractivity contribution in [1.29, 1.82) is 0 Å². The van der Waals surface area contributed by atoms with Gasteiger partial charge in [-0.05, 0) is 13.0 Å². The Morgan fingerprint density at radius 1 is 1.08 bits per heavy atom. The number of thiol groups is 1. The molecule has 0 aliphatic heterocycles. The average molecular weight is 208 g/mol. The van der Waals surface area contributed by atoms with Crippen LogP contribution in [0.3, 0.4) is 0 Å². The quantitative estimate of drug-likeness (QED) is 0.487. The maximum absolute atomic E-state index is 12.6. The van der Waals surface area contributed by atoms with Gasteiger partial charge in [0.05, 0.1) is 0 Å². The van der Waals surface area contributed by atoms with E-state index in [0.717, 1.165) is 6.07 Å². The van der Waals surface area contributed by atoms with E-state index in [2.05, 4.69) is 12.6 Å². The Labute approximate surface area is 81.2 Å². The third kappa shape index (κ3) is 2.66. The van der Waals surface area contributed by atoms with Crippen molar-refractivity contribution >= 4 is 12.6 Å². The van der Waals surface area contributed by atoms with Crippen molar-refractivity contribution in [2.45, 2.75) is 25.7 Å². The van der Waals surface area contributed by atoms with Crippen LogP contribution in [0.2, 0.25) is 0 Å². The number of rotatable bonds is 0. The lowest BCUT2D eigenvalue weighted by atomic mass is 10.2. The fourth-order valence-corrected chi connectivity index (χ4v) is 0.885. The Balaban J connectivity index is 0.000000671. The monoisotopic (exact) mass is 208 g/mol. The maximum Gasteiger partial charge on any atom is 0.172 e. The Hall–Kier alpha value is -0.640. The van der Waals surface area contributed by atoms with Crippen molar-refractivity contribution in [2.75, 3.05) is 0 Å². The molecule has 0 unspecified atom stereocenters. The highest BCUT2D eigenvalue weighted by Gasteiger charge is 2.12. The van der Waals surface area contributed by atoms with Gasteiger partial charge in [-0.3, -0.25) is 0 Å². The third-order valence-electron chi connectivity index (χ3n) is 1.37. The van der Waals surface area contributed by atoms with E-state index in [-0.39, 0.29) is 10.5 Å². The van der Waals surface area contributed by atoms with Gasteiger partial charge in [0.15, 0.2) is 11.6 Å². The highest BCUT2D eigenvalue weighted by molar-refractivity contribution is 7.80. The minimum Gasteiger partial charge on any atom is -0.207 e. The van der Waals surface area contributed by atoms with E-state index in [9.17, 15) is 13.2 Å². The molecule has 0 spiro atoms. The predicted octanol–water partition coefficient (Wildman–Crippen LogP) is 3.73. The van der Waals surface area contributed by atoms with Crippen molar-refractivity contribution < 1.29 is 13.2 Å². The van der Waals surface area contributed by atoms with E-state index in [1.54, 1.807) is 0 Å². The smallest absolute Gasteiger partial charge is 0.172 e. The summed E-state index contributed by atoms with van der Waals surface area (Å²) in [4.78, 5) is -0.314. The molecule has 0 atom stereocenters. The molecule has 0 aromatic heterocycles. The van der Waals surface area contributed by atoms with Gasteiger partial charge in [0, 0.05) is 10.5 Å². The maximum atomic E-state index is 12.6. The SMILES string of the molecule is CC.Cc1c(F)cc(S)c(F)c1F. The summed E-state index contributed by atoms with van der Waals surface area (Å²) >= 11 is 3.53. The van der Waals surface area contributed by atoms with Gasteiger partial charge in [-0.25, -0.2) is 13.2 Å². The second kappa shape index (κ2) is 5.17. The molecule has 0 aliphatic carbocycles. The molecule has 0 aliphatic rings. The van der Waals surface area contributed by atoms with Gasteiger partial charge in [0.2, 0.25) is 0 Å². The number of hydrogen-bond acceptors (Lipinski definition) is 1. The second-order valence-electron chi connectivity index (χ2n) is 2.13. The van der Waals surface area contributed by atoms with Crippen LogP contribution in [0.5, 0.6) is 0 Å². The topological polar surface area (TPSA) is 0 Å². The van der Waals surface area contributed by atoms with Gasteiger partial charge in [0.25, 0.3) is 0 Å². The Morgan fingerprint density at radius 2 is 1.54 bits per heavy atom. The molecule has 0 radical (unpaired) electrons. The summed E-state index contributed by atoms with van der Waals surface area (Å²) in [5, 5.41) is 0. The largest absolute Gasteiger partial charge is 0.207 e. The van der Waals surface area contributed by atoms with Crippen LogP contribution in [0.25, 0.3) is 0 Å². The molecule has 74 valence electrons. The molecular formula is C9H11F3S. The van der Waals surface area contributed by atoms with Crippen LogP contribution >= 0.6 is 12.6 Å². The van der Waals surface area contributed by atoms with E-state index in [0.29, 0.717) is 0 Å². The lowest BCUT2D eigenvalue weighted by Gasteiger charge is -2.01. The van der Waals surface area contributed by atoms with Crippen molar-refractivity contribution in [3.63, 3.8) is 0 Å². The lowest BCUT2D eigenvalue weighted by molar-refractivity contribution is 0.469. The second-order valence-corrected chi connectivity index (χ2v) is 2.61. The Kier molecular flexibility index (Phi) is 4.91. The van der Waals surface area contributed by atoms with Gasteiger partial charge in [-0.2, -0.15) is 0 Å². The fourth-order valence-electron chi connectivity index (χ4n) is 0.674.